The number of rotatable bonds is 6. The lowest BCUT2D eigenvalue weighted by atomic mass is 10.2. The largest absolute Gasteiger partial charge is 0.395 e. The molecule has 2 rings (SSSR count). The Balaban J connectivity index is 1.94. The minimum Gasteiger partial charge on any atom is -0.395 e. The van der Waals surface area contributed by atoms with Gasteiger partial charge in [0.15, 0.2) is 9.84 Å². The Morgan fingerprint density at radius 2 is 2.05 bits per heavy atom. The normalized spacial score (nSPS) is 21.8. The Morgan fingerprint density at radius 1 is 1.30 bits per heavy atom. The van der Waals surface area contributed by atoms with Crippen molar-refractivity contribution in [2.45, 2.75) is 12.5 Å². The number of aliphatic hydroxyl groups excluding tert-OH is 1. The summed E-state index contributed by atoms with van der Waals surface area (Å²) in [5.74, 6) is 0.480. The van der Waals surface area contributed by atoms with Crippen LogP contribution >= 0.6 is 0 Å². The fraction of sp³-hybridized carbons (Fsp3) is 0.467. The van der Waals surface area contributed by atoms with Gasteiger partial charge in [0.25, 0.3) is 0 Å². The van der Waals surface area contributed by atoms with Crippen molar-refractivity contribution in [1.82, 2.24) is 4.90 Å². The summed E-state index contributed by atoms with van der Waals surface area (Å²) in [6.07, 6.45) is 4.71. The van der Waals surface area contributed by atoms with Crippen LogP contribution in [-0.2, 0) is 9.84 Å². The third kappa shape index (κ3) is 4.44. The van der Waals surface area contributed by atoms with E-state index in [-0.39, 0.29) is 24.2 Å². The molecule has 1 atom stereocenters. The van der Waals surface area contributed by atoms with E-state index in [9.17, 15) is 8.42 Å². The summed E-state index contributed by atoms with van der Waals surface area (Å²) in [4.78, 5) is 2.05. The molecular formula is C15H21NO3S. The van der Waals surface area contributed by atoms with Crippen LogP contribution in [0.25, 0.3) is 6.08 Å². The van der Waals surface area contributed by atoms with Gasteiger partial charge in [-0.1, -0.05) is 42.5 Å². The molecule has 0 aromatic heterocycles. The summed E-state index contributed by atoms with van der Waals surface area (Å²) in [7, 11) is -2.88. The van der Waals surface area contributed by atoms with E-state index >= 15 is 0 Å². The Labute approximate surface area is 120 Å². The lowest BCUT2D eigenvalue weighted by Crippen LogP contribution is -2.38. The van der Waals surface area contributed by atoms with E-state index in [0.717, 1.165) is 5.56 Å². The molecule has 1 aromatic rings. The Bertz CT molecular complexity index is 539. The SMILES string of the molecule is O=S1(=O)CCC(N(C/C=C/c2ccccc2)CCO)C1. The van der Waals surface area contributed by atoms with Gasteiger partial charge in [0.2, 0.25) is 0 Å². The van der Waals surface area contributed by atoms with Crippen LogP contribution in [0.2, 0.25) is 0 Å². The van der Waals surface area contributed by atoms with Gasteiger partial charge >= 0.3 is 0 Å². The molecule has 1 unspecified atom stereocenters. The molecule has 1 saturated heterocycles. The van der Waals surface area contributed by atoms with Crippen molar-refractivity contribution >= 4 is 15.9 Å². The molecule has 1 heterocycles. The number of nitrogens with zero attached hydrogens (tertiary/aromatic N) is 1. The highest BCUT2D eigenvalue weighted by Crippen LogP contribution is 2.17. The molecule has 1 aliphatic heterocycles. The predicted molar refractivity (Wildman–Crippen MR) is 81.2 cm³/mol. The van der Waals surface area contributed by atoms with Gasteiger partial charge in [-0.05, 0) is 12.0 Å². The molecule has 4 nitrogen and oxygen atoms in total. The maximum absolute atomic E-state index is 11.5. The predicted octanol–water partition coefficient (Wildman–Crippen LogP) is 1.18. The maximum Gasteiger partial charge on any atom is 0.151 e. The average molecular weight is 295 g/mol. The van der Waals surface area contributed by atoms with Crippen LogP contribution in [0.3, 0.4) is 0 Å². The molecule has 110 valence electrons. The van der Waals surface area contributed by atoms with Crippen molar-refractivity contribution in [1.29, 1.82) is 0 Å². The molecule has 0 spiro atoms. The average Bonchev–Trinajstić information content (AvgIpc) is 2.79. The molecule has 1 aliphatic rings. The fourth-order valence-electron chi connectivity index (χ4n) is 2.50. The zero-order valence-electron chi connectivity index (χ0n) is 11.5. The van der Waals surface area contributed by atoms with Crippen molar-refractivity contribution in [2.24, 2.45) is 0 Å². The van der Waals surface area contributed by atoms with Crippen molar-refractivity contribution < 1.29 is 13.5 Å². The minimum absolute atomic E-state index is 0.0348. The van der Waals surface area contributed by atoms with Gasteiger partial charge in [-0.15, -0.1) is 0 Å². The van der Waals surface area contributed by atoms with Gasteiger partial charge in [-0.25, -0.2) is 8.42 Å². The zero-order chi connectivity index (χ0) is 14.4. The van der Waals surface area contributed by atoms with Gasteiger partial charge in [0, 0.05) is 19.1 Å². The number of hydrogen-bond donors (Lipinski definition) is 1. The topological polar surface area (TPSA) is 57.6 Å². The first-order valence-electron chi connectivity index (χ1n) is 6.88. The molecule has 0 radical (unpaired) electrons. The second-order valence-corrected chi connectivity index (χ2v) is 7.32. The third-order valence-corrected chi connectivity index (χ3v) is 5.31. The maximum atomic E-state index is 11.5. The lowest BCUT2D eigenvalue weighted by Gasteiger charge is -2.25. The summed E-state index contributed by atoms with van der Waals surface area (Å²) in [5, 5.41) is 9.13. The lowest BCUT2D eigenvalue weighted by molar-refractivity contribution is 0.174. The highest BCUT2D eigenvalue weighted by molar-refractivity contribution is 7.91. The highest BCUT2D eigenvalue weighted by Gasteiger charge is 2.31. The van der Waals surface area contributed by atoms with Crippen LogP contribution in [-0.4, -0.2) is 55.7 Å². The molecule has 0 aliphatic carbocycles. The molecule has 1 N–H and O–H groups in total. The highest BCUT2D eigenvalue weighted by atomic mass is 32.2. The summed E-state index contributed by atoms with van der Waals surface area (Å²) in [5.41, 5.74) is 1.12. The molecule has 0 saturated carbocycles. The van der Waals surface area contributed by atoms with Gasteiger partial charge in [-0.2, -0.15) is 0 Å². The first-order valence-corrected chi connectivity index (χ1v) is 8.70. The second kappa shape index (κ2) is 7.02. The molecule has 0 amide bonds. The summed E-state index contributed by atoms with van der Waals surface area (Å²) >= 11 is 0. The summed E-state index contributed by atoms with van der Waals surface area (Å²) < 4.78 is 23.1. The first kappa shape index (κ1) is 15.2. The zero-order valence-corrected chi connectivity index (χ0v) is 12.3. The quantitative estimate of drug-likeness (QED) is 0.856. The molecule has 1 aromatic carbocycles. The van der Waals surface area contributed by atoms with Crippen molar-refractivity contribution in [3.05, 3.63) is 42.0 Å². The van der Waals surface area contributed by atoms with Crippen LogP contribution in [0.1, 0.15) is 12.0 Å². The molecule has 0 bridgehead atoms. The first-order chi connectivity index (χ1) is 9.61. The van der Waals surface area contributed by atoms with Gasteiger partial charge in [0.05, 0.1) is 18.1 Å². The van der Waals surface area contributed by atoms with E-state index < -0.39 is 9.84 Å². The van der Waals surface area contributed by atoms with Crippen molar-refractivity contribution in [3.63, 3.8) is 0 Å². The van der Waals surface area contributed by atoms with E-state index in [2.05, 4.69) is 0 Å². The molecule has 1 fully saturated rings. The van der Waals surface area contributed by atoms with E-state index in [0.29, 0.717) is 19.5 Å². The van der Waals surface area contributed by atoms with Crippen molar-refractivity contribution in [2.75, 3.05) is 31.2 Å². The molecule has 5 heteroatoms. The van der Waals surface area contributed by atoms with Gasteiger partial charge in [0.1, 0.15) is 0 Å². The van der Waals surface area contributed by atoms with E-state index in [1.165, 1.54) is 0 Å². The van der Waals surface area contributed by atoms with Crippen LogP contribution in [0, 0.1) is 0 Å². The third-order valence-electron chi connectivity index (χ3n) is 3.56. The Kier molecular flexibility index (Phi) is 5.34. The number of hydrogen-bond acceptors (Lipinski definition) is 4. The minimum atomic E-state index is -2.88. The molecule has 20 heavy (non-hydrogen) atoms. The number of benzene rings is 1. The Hall–Kier alpha value is -1.17. The number of sulfone groups is 1. The summed E-state index contributed by atoms with van der Waals surface area (Å²) in [6, 6.07) is 10.0. The Morgan fingerprint density at radius 3 is 2.65 bits per heavy atom. The van der Waals surface area contributed by atoms with E-state index in [4.69, 9.17) is 5.11 Å². The smallest absolute Gasteiger partial charge is 0.151 e. The van der Waals surface area contributed by atoms with Gasteiger partial charge < -0.3 is 5.11 Å². The number of aliphatic hydroxyl groups is 1. The van der Waals surface area contributed by atoms with E-state index in [1.54, 1.807) is 0 Å². The van der Waals surface area contributed by atoms with Crippen molar-refractivity contribution in [3.8, 4) is 0 Å². The van der Waals surface area contributed by atoms with Crippen LogP contribution in [0.15, 0.2) is 36.4 Å². The van der Waals surface area contributed by atoms with Crippen LogP contribution in [0.5, 0.6) is 0 Å². The second-order valence-electron chi connectivity index (χ2n) is 5.09. The van der Waals surface area contributed by atoms with Crippen LogP contribution < -0.4 is 0 Å². The van der Waals surface area contributed by atoms with E-state index in [1.807, 2.05) is 47.4 Å². The summed E-state index contributed by atoms with van der Waals surface area (Å²) in [6.45, 7) is 1.23. The fourth-order valence-corrected chi connectivity index (χ4v) is 4.26. The standard InChI is InChI=1S/C15H21NO3S/c17-11-10-16(15-8-12-20(18,19)13-15)9-4-7-14-5-2-1-3-6-14/h1-7,15,17H,8-13H2/b7-4+. The monoisotopic (exact) mass is 295 g/mol. The van der Waals surface area contributed by atoms with Gasteiger partial charge in [-0.3, -0.25) is 4.90 Å². The molecular weight excluding hydrogens is 274 g/mol. The van der Waals surface area contributed by atoms with Crippen LogP contribution in [0.4, 0.5) is 0 Å².